The molecule has 5 heteroatoms. The Morgan fingerprint density at radius 2 is 2.24 bits per heavy atom. The Labute approximate surface area is 103 Å². The molecule has 2 aromatic rings. The van der Waals surface area contributed by atoms with E-state index in [1.165, 1.54) is 7.11 Å². The molecule has 1 aromatic carbocycles. The topological polar surface area (TPSA) is 52.3 Å². The molecular formula is C12H10ClNO3. The van der Waals surface area contributed by atoms with E-state index >= 15 is 0 Å². The molecule has 0 aliphatic rings. The fourth-order valence-corrected chi connectivity index (χ4v) is 1.73. The zero-order valence-electron chi connectivity index (χ0n) is 9.36. The van der Waals surface area contributed by atoms with Crippen molar-refractivity contribution in [2.24, 2.45) is 0 Å². The smallest absolute Gasteiger partial charge is 0.343 e. The number of carbonyl (C=O) groups excluding carboxylic acids is 1. The minimum atomic E-state index is -0.473. The van der Waals surface area contributed by atoms with E-state index in [0.717, 1.165) is 0 Å². The summed E-state index contributed by atoms with van der Waals surface area (Å²) in [7, 11) is 1.32. The third-order valence-electron chi connectivity index (χ3n) is 2.34. The summed E-state index contributed by atoms with van der Waals surface area (Å²) in [5.41, 5.74) is 1.51. The van der Waals surface area contributed by atoms with Gasteiger partial charge in [0.05, 0.1) is 12.8 Å². The summed E-state index contributed by atoms with van der Waals surface area (Å²) in [5, 5.41) is 4.34. The molecule has 88 valence electrons. The number of carbonyl (C=O) groups is 1. The molecule has 1 aromatic heterocycles. The molecule has 17 heavy (non-hydrogen) atoms. The largest absolute Gasteiger partial charge is 0.465 e. The van der Waals surface area contributed by atoms with Crippen LogP contribution in [0.4, 0.5) is 0 Å². The van der Waals surface area contributed by atoms with E-state index in [0.29, 0.717) is 27.6 Å². The maximum atomic E-state index is 11.6. The van der Waals surface area contributed by atoms with Crippen LogP contribution in [-0.2, 0) is 4.74 Å². The summed E-state index contributed by atoms with van der Waals surface area (Å²) in [6, 6.07) is 7.01. The molecule has 2 rings (SSSR count). The zero-order valence-corrected chi connectivity index (χ0v) is 10.1. The Bertz CT molecular complexity index is 563. The number of hydrogen-bond acceptors (Lipinski definition) is 4. The summed E-state index contributed by atoms with van der Waals surface area (Å²) in [6.07, 6.45) is 0. The van der Waals surface area contributed by atoms with E-state index in [2.05, 4.69) is 5.16 Å². The van der Waals surface area contributed by atoms with Crippen molar-refractivity contribution in [3.63, 3.8) is 0 Å². The lowest BCUT2D eigenvalue weighted by Crippen LogP contribution is -2.03. The number of methoxy groups -OCH3 is 1. The van der Waals surface area contributed by atoms with Crippen molar-refractivity contribution in [1.82, 2.24) is 5.16 Å². The van der Waals surface area contributed by atoms with Crippen molar-refractivity contribution in [2.45, 2.75) is 6.92 Å². The minimum absolute atomic E-state index is 0.328. The van der Waals surface area contributed by atoms with Gasteiger partial charge >= 0.3 is 5.97 Å². The van der Waals surface area contributed by atoms with Gasteiger partial charge in [0.1, 0.15) is 5.56 Å². The van der Waals surface area contributed by atoms with Gasteiger partial charge in [0.15, 0.2) is 5.76 Å². The van der Waals surface area contributed by atoms with Gasteiger partial charge in [0, 0.05) is 10.6 Å². The summed E-state index contributed by atoms with van der Waals surface area (Å²) in [6.45, 7) is 1.68. The molecule has 1 heterocycles. The highest BCUT2D eigenvalue weighted by Crippen LogP contribution is 2.28. The Balaban J connectivity index is 2.57. The van der Waals surface area contributed by atoms with Gasteiger partial charge in [0.2, 0.25) is 0 Å². The number of aryl methyl sites for hydroxylation is 1. The van der Waals surface area contributed by atoms with Crippen LogP contribution in [0.5, 0.6) is 0 Å². The summed E-state index contributed by atoms with van der Waals surface area (Å²) in [4.78, 5) is 11.6. The highest BCUT2D eigenvalue weighted by Gasteiger charge is 2.22. The molecule has 0 unspecified atom stereocenters. The number of hydrogen-bond donors (Lipinski definition) is 0. The summed E-state index contributed by atoms with van der Waals surface area (Å²) < 4.78 is 9.85. The van der Waals surface area contributed by atoms with Gasteiger partial charge in [-0.1, -0.05) is 28.9 Å². The van der Waals surface area contributed by atoms with Crippen LogP contribution < -0.4 is 0 Å². The SMILES string of the molecule is COC(=O)c1c(C)noc1-c1cccc(Cl)c1. The highest BCUT2D eigenvalue weighted by molar-refractivity contribution is 6.30. The molecule has 0 fully saturated rings. The second kappa shape index (κ2) is 4.59. The molecule has 0 N–H and O–H groups in total. The quantitative estimate of drug-likeness (QED) is 0.770. The van der Waals surface area contributed by atoms with Crippen molar-refractivity contribution >= 4 is 17.6 Å². The number of esters is 1. The Morgan fingerprint density at radius 1 is 1.47 bits per heavy atom. The Morgan fingerprint density at radius 3 is 2.88 bits per heavy atom. The van der Waals surface area contributed by atoms with Gasteiger partial charge in [-0.25, -0.2) is 4.79 Å². The first-order valence-corrected chi connectivity index (χ1v) is 5.32. The number of nitrogens with zero attached hydrogens (tertiary/aromatic N) is 1. The predicted molar refractivity (Wildman–Crippen MR) is 63.0 cm³/mol. The number of benzene rings is 1. The van der Waals surface area contributed by atoms with Crippen LogP contribution in [0, 0.1) is 6.92 Å². The van der Waals surface area contributed by atoms with E-state index in [-0.39, 0.29) is 0 Å². The lowest BCUT2D eigenvalue weighted by molar-refractivity contribution is 0.0600. The minimum Gasteiger partial charge on any atom is -0.465 e. The Hall–Kier alpha value is -1.81. The van der Waals surface area contributed by atoms with E-state index < -0.39 is 5.97 Å². The lowest BCUT2D eigenvalue weighted by Gasteiger charge is -2.01. The monoisotopic (exact) mass is 251 g/mol. The molecule has 0 bridgehead atoms. The fraction of sp³-hybridized carbons (Fsp3) is 0.167. The van der Waals surface area contributed by atoms with Crippen LogP contribution in [0.3, 0.4) is 0 Å². The maximum Gasteiger partial charge on any atom is 0.343 e. The molecule has 0 amide bonds. The van der Waals surface area contributed by atoms with Gasteiger partial charge in [-0.3, -0.25) is 0 Å². The number of aromatic nitrogens is 1. The van der Waals surface area contributed by atoms with Crippen molar-refractivity contribution in [3.8, 4) is 11.3 Å². The molecule has 0 saturated heterocycles. The lowest BCUT2D eigenvalue weighted by atomic mass is 10.1. The van der Waals surface area contributed by atoms with Gasteiger partial charge in [-0.15, -0.1) is 0 Å². The molecule has 0 spiro atoms. The number of halogens is 1. The van der Waals surface area contributed by atoms with Crippen molar-refractivity contribution in [2.75, 3.05) is 7.11 Å². The van der Waals surface area contributed by atoms with Crippen molar-refractivity contribution in [3.05, 3.63) is 40.5 Å². The maximum absolute atomic E-state index is 11.6. The van der Waals surface area contributed by atoms with E-state index in [4.69, 9.17) is 20.9 Å². The predicted octanol–water partition coefficient (Wildman–Crippen LogP) is 3.09. The molecular weight excluding hydrogens is 242 g/mol. The first-order chi connectivity index (χ1) is 8.13. The Kier molecular flexibility index (Phi) is 3.15. The molecule has 0 saturated carbocycles. The first kappa shape index (κ1) is 11.7. The van der Waals surface area contributed by atoms with Crippen LogP contribution in [-0.4, -0.2) is 18.2 Å². The van der Waals surface area contributed by atoms with Gasteiger partial charge in [-0.2, -0.15) is 0 Å². The number of ether oxygens (including phenoxy) is 1. The summed E-state index contributed by atoms with van der Waals surface area (Å²) >= 11 is 5.89. The van der Waals surface area contributed by atoms with E-state index in [1.54, 1.807) is 31.2 Å². The standard InChI is InChI=1S/C12H10ClNO3/c1-7-10(12(15)16-2)11(17-14-7)8-4-3-5-9(13)6-8/h3-6H,1-2H3. The van der Waals surface area contributed by atoms with Gasteiger partial charge in [-0.05, 0) is 19.1 Å². The molecule has 0 aliphatic heterocycles. The normalized spacial score (nSPS) is 10.3. The molecule has 0 aliphatic carbocycles. The van der Waals surface area contributed by atoms with Crippen LogP contribution >= 0.6 is 11.6 Å². The van der Waals surface area contributed by atoms with Gasteiger partial charge in [0.25, 0.3) is 0 Å². The van der Waals surface area contributed by atoms with E-state index in [9.17, 15) is 4.79 Å². The third kappa shape index (κ3) is 2.17. The van der Waals surface area contributed by atoms with Crippen molar-refractivity contribution in [1.29, 1.82) is 0 Å². The molecule has 0 radical (unpaired) electrons. The van der Waals surface area contributed by atoms with Crippen LogP contribution in [0.15, 0.2) is 28.8 Å². The highest BCUT2D eigenvalue weighted by atomic mass is 35.5. The first-order valence-electron chi connectivity index (χ1n) is 4.94. The van der Waals surface area contributed by atoms with Crippen LogP contribution in [0.25, 0.3) is 11.3 Å². The average Bonchev–Trinajstić information content (AvgIpc) is 2.70. The summed E-state index contributed by atoms with van der Waals surface area (Å²) in [5.74, 6) is -0.101. The van der Waals surface area contributed by atoms with Crippen LogP contribution in [0.1, 0.15) is 16.1 Å². The van der Waals surface area contributed by atoms with Crippen LogP contribution in [0.2, 0.25) is 5.02 Å². The second-order valence-electron chi connectivity index (χ2n) is 3.47. The third-order valence-corrected chi connectivity index (χ3v) is 2.57. The fourth-order valence-electron chi connectivity index (χ4n) is 1.54. The molecule has 4 nitrogen and oxygen atoms in total. The molecule has 0 atom stereocenters. The second-order valence-corrected chi connectivity index (χ2v) is 3.91. The number of rotatable bonds is 2. The van der Waals surface area contributed by atoms with E-state index in [1.807, 2.05) is 0 Å². The van der Waals surface area contributed by atoms with Gasteiger partial charge < -0.3 is 9.26 Å². The average molecular weight is 252 g/mol. The van der Waals surface area contributed by atoms with Crippen molar-refractivity contribution < 1.29 is 14.1 Å². The zero-order chi connectivity index (χ0) is 12.4.